The van der Waals surface area contributed by atoms with Crippen LogP contribution in [0, 0.1) is 6.92 Å². The molecular weight excluding hydrogens is 340 g/mol. The molecule has 4 nitrogen and oxygen atoms in total. The van der Waals surface area contributed by atoms with Crippen molar-refractivity contribution in [1.29, 1.82) is 0 Å². The van der Waals surface area contributed by atoms with Crippen LogP contribution in [0.25, 0.3) is 0 Å². The summed E-state index contributed by atoms with van der Waals surface area (Å²) < 4.78 is 2.92. The van der Waals surface area contributed by atoms with Gasteiger partial charge in [0.15, 0.2) is 0 Å². The van der Waals surface area contributed by atoms with Crippen molar-refractivity contribution in [3.8, 4) is 0 Å². The van der Waals surface area contributed by atoms with Gasteiger partial charge in [-0.05, 0) is 52.5 Å². The van der Waals surface area contributed by atoms with Crippen LogP contribution in [0.4, 0.5) is 0 Å². The van der Waals surface area contributed by atoms with Gasteiger partial charge in [0.2, 0.25) is 0 Å². The van der Waals surface area contributed by atoms with Gasteiger partial charge in [-0.2, -0.15) is 5.10 Å². The van der Waals surface area contributed by atoms with Crippen molar-refractivity contribution in [2.75, 3.05) is 0 Å². The molecule has 0 fully saturated rings. The SMILES string of the molecule is CCCn1ncc(Br)c1C(NN)c1ccc(Cl)cc1C. The number of halogens is 2. The Morgan fingerprint density at radius 2 is 2.25 bits per heavy atom. The number of nitrogens with zero attached hydrogens (tertiary/aromatic N) is 2. The number of hydrogen-bond acceptors (Lipinski definition) is 3. The average Bonchev–Trinajstić information content (AvgIpc) is 2.75. The number of rotatable bonds is 5. The average molecular weight is 358 g/mol. The molecule has 0 aliphatic carbocycles. The second kappa shape index (κ2) is 6.72. The zero-order chi connectivity index (χ0) is 14.7. The number of aromatic nitrogens is 2. The number of hydrogen-bond donors (Lipinski definition) is 2. The first-order valence-electron chi connectivity index (χ1n) is 6.51. The van der Waals surface area contributed by atoms with E-state index >= 15 is 0 Å². The molecule has 0 radical (unpaired) electrons. The smallest absolute Gasteiger partial charge is 0.0892 e. The highest BCUT2D eigenvalue weighted by molar-refractivity contribution is 9.10. The summed E-state index contributed by atoms with van der Waals surface area (Å²) in [5.74, 6) is 5.79. The van der Waals surface area contributed by atoms with Crippen molar-refractivity contribution in [1.82, 2.24) is 15.2 Å². The monoisotopic (exact) mass is 356 g/mol. The van der Waals surface area contributed by atoms with E-state index in [1.165, 1.54) is 0 Å². The second-order valence-electron chi connectivity index (χ2n) is 4.70. The molecule has 0 aliphatic heterocycles. The van der Waals surface area contributed by atoms with E-state index in [9.17, 15) is 0 Å². The molecule has 0 bridgehead atoms. The van der Waals surface area contributed by atoms with E-state index in [1.54, 1.807) is 6.20 Å². The van der Waals surface area contributed by atoms with Gasteiger partial charge >= 0.3 is 0 Å². The molecule has 6 heteroatoms. The Bertz CT molecular complexity index is 597. The minimum Gasteiger partial charge on any atom is -0.271 e. The lowest BCUT2D eigenvalue weighted by Crippen LogP contribution is -2.31. The Balaban J connectivity index is 2.49. The van der Waals surface area contributed by atoms with E-state index in [1.807, 2.05) is 29.8 Å². The third-order valence-electron chi connectivity index (χ3n) is 3.25. The summed E-state index contributed by atoms with van der Waals surface area (Å²) in [6.45, 7) is 5.00. The van der Waals surface area contributed by atoms with Gasteiger partial charge in [-0.15, -0.1) is 0 Å². The number of nitrogens with two attached hydrogens (primary N) is 1. The lowest BCUT2D eigenvalue weighted by Gasteiger charge is -2.21. The predicted octanol–water partition coefficient (Wildman–Crippen LogP) is 3.57. The summed E-state index contributed by atoms with van der Waals surface area (Å²) in [5.41, 5.74) is 6.10. The van der Waals surface area contributed by atoms with Crippen LogP contribution < -0.4 is 11.3 Å². The van der Waals surface area contributed by atoms with Gasteiger partial charge < -0.3 is 0 Å². The van der Waals surface area contributed by atoms with Crippen LogP contribution in [0.2, 0.25) is 5.02 Å². The van der Waals surface area contributed by atoms with Crippen LogP contribution in [0.1, 0.15) is 36.2 Å². The highest BCUT2D eigenvalue weighted by atomic mass is 79.9. The minimum absolute atomic E-state index is 0.129. The van der Waals surface area contributed by atoms with Gasteiger partial charge in [0.25, 0.3) is 0 Å². The lowest BCUT2D eigenvalue weighted by molar-refractivity contribution is 0.518. The molecule has 2 aromatic rings. The van der Waals surface area contributed by atoms with E-state index in [4.69, 9.17) is 17.4 Å². The molecule has 108 valence electrons. The topological polar surface area (TPSA) is 55.9 Å². The fourth-order valence-corrected chi connectivity index (χ4v) is 3.08. The molecule has 2 rings (SSSR count). The molecule has 0 aliphatic rings. The van der Waals surface area contributed by atoms with Crippen LogP contribution in [0.15, 0.2) is 28.9 Å². The van der Waals surface area contributed by atoms with E-state index in [0.717, 1.165) is 39.3 Å². The largest absolute Gasteiger partial charge is 0.271 e. The van der Waals surface area contributed by atoms with Crippen molar-refractivity contribution in [2.24, 2.45) is 5.84 Å². The predicted molar refractivity (Wildman–Crippen MR) is 85.6 cm³/mol. The van der Waals surface area contributed by atoms with Crippen LogP contribution in [0.3, 0.4) is 0 Å². The number of benzene rings is 1. The van der Waals surface area contributed by atoms with E-state index in [2.05, 4.69) is 33.4 Å². The summed E-state index contributed by atoms with van der Waals surface area (Å²) in [6.07, 6.45) is 2.82. The van der Waals surface area contributed by atoms with E-state index in [-0.39, 0.29) is 6.04 Å². The van der Waals surface area contributed by atoms with Crippen molar-refractivity contribution >= 4 is 27.5 Å². The quantitative estimate of drug-likeness (QED) is 0.635. The first-order valence-corrected chi connectivity index (χ1v) is 7.69. The van der Waals surface area contributed by atoms with Gasteiger partial charge in [0.05, 0.1) is 22.4 Å². The van der Waals surface area contributed by atoms with Crippen molar-refractivity contribution in [3.05, 3.63) is 50.7 Å². The van der Waals surface area contributed by atoms with Crippen molar-refractivity contribution in [2.45, 2.75) is 32.9 Å². The number of nitrogens with one attached hydrogen (secondary N) is 1. The summed E-state index contributed by atoms with van der Waals surface area (Å²) in [7, 11) is 0. The van der Waals surface area contributed by atoms with Crippen molar-refractivity contribution < 1.29 is 0 Å². The molecule has 20 heavy (non-hydrogen) atoms. The van der Waals surface area contributed by atoms with Gasteiger partial charge in [0.1, 0.15) is 0 Å². The summed E-state index contributed by atoms with van der Waals surface area (Å²) >= 11 is 9.58. The highest BCUT2D eigenvalue weighted by Gasteiger charge is 2.22. The molecule has 1 aromatic heterocycles. The summed E-state index contributed by atoms with van der Waals surface area (Å²) in [6, 6.07) is 5.69. The first-order chi connectivity index (χ1) is 9.58. The molecule has 1 aromatic carbocycles. The van der Waals surface area contributed by atoms with Crippen LogP contribution in [-0.4, -0.2) is 9.78 Å². The number of hydrazine groups is 1. The Morgan fingerprint density at radius 3 is 2.85 bits per heavy atom. The van der Waals surface area contributed by atoms with E-state index < -0.39 is 0 Å². The zero-order valence-electron chi connectivity index (χ0n) is 11.5. The molecule has 1 atom stereocenters. The van der Waals surface area contributed by atoms with E-state index in [0.29, 0.717) is 0 Å². The van der Waals surface area contributed by atoms with Gasteiger partial charge in [-0.3, -0.25) is 10.5 Å². The lowest BCUT2D eigenvalue weighted by atomic mass is 9.99. The summed E-state index contributed by atoms with van der Waals surface area (Å²) in [4.78, 5) is 0. The molecular formula is C14H18BrClN4. The Kier molecular flexibility index (Phi) is 5.21. The van der Waals surface area contributed by atoms with Crippen LogP contribution in [-0.2, 0) is 6.54 Å². The van der Waals surface area contributed by atoms with Gasteiger partial charge in [-0.25, -0.2) is 5.43 Å². The maximum atomic E-state index is 6.02. The second-order valence-corrected chi connectivity index (χ2v) is 5.99. The zero-order valence-corrected chi connectivity index (χ0v) is 13.9. The normalized spacial score (nSPS) is 12.7. The van der Waals surface area contributed by atoms with Gasteiger partial charge in [-0.1, -0.05) is 24.6 Å². The fraction of sp³-hybridized carbons (Fsp3) is 0.357. The Hall–Kier alpha value is -0.880. The Labute approximate surface area is 132 Å². The maximum Gasteiger partial charge on any atom is 0.0892 e. The first kappa shape index (κ1) is 15.5. The minimum atomic E-state index is -0.129. The van der Waals surface area contributed by atoms with Crippen LogP contribution >= 0.6 is 27.5 Å². The van der Waals surface area contributed by atoms with Gasteiger partial charge in [0, 0.05) is 11.6 Å². The molecule has 0 saturated carbocycles. The molecule has 1 unspecified atom stereocenters. The fourth-order valence-electron chi connectivity index (χ4n) is 2.33. The molecule has 3 N–H and O–H groups in total. The number of aryl methyl sites for hydroxylation is 2. The molecule has 0 amide bonds. The third-order valence-corrected chi connectivity index (χ3v) is 4.10. The summed E-state index contributed by atoms with van der Waals surface area (Å²) in [5, 5.41) is 5.12. The highest BCUT2D eigenvalue weighted by Crippen LogP contribution is 2.31. The van der Waals surface area contributed by atoms with Crippen LogP contribution in [0.5, 0.6) is 0 Å². The van der Waals surface area contributed by atoms with Crippen molar-refractivity contribution in [3.63, 3.8) is 0 Å². The standard InChI is InChI=1S/C14H18BrClN4/c1-3-6-20-14(12(15)8-18-20)13(19-17)11-5-4-10(16)7-9(11)2/h4-5,7-8,13,19H,3,6,17H2,1-2H3. The molecule has 1 heterocycles. The molecule has 0 saturated heterocycles. The third kappa shape index (κ3) is 3.06. The Morgan fingerprint density at radius 1 is 1.50 bits per heavy atom. The maximum absolute atomic E-state index is 6.02. The molecule has 0 spiro atoms.